The zero-order valence-corrected chi connectivity index (χ0v) is 15.8. The van der Waals surface area contributed by atoms with Gasteiger partial charge in [-0.05, 0) is 25.0 Å². The van der Waals surface area contributed by atoms with E-state index in [2.05, 4.69) is 14.9 Å². The van der Waals surface area contributed by atoms with Crippen LogP contribution in [-0.4, -0.2) is 47.7 Å². The predicted octanol–water partition coefficient (Wildman–Crippen LogP) is 1.85. The van der Waals surface area contributed by atoms with E-state index in [4.69, 9.17) is 4.74 Å². The Bertz CT molecular complexity index is 666. The molecule has 0 atom stereocenters. The number of hydrogen-bond donors (Lipinski definition) is 2. The largest absolute Gasteiger partial charge is 0.380 e. The van der Waals surface area contributed by atoms with Gasteiger partial charge in [-0.1, -0.05) is 25.3 Å². The molecular weight excluding hydrogens is 338 g/mol. The van der Waals surface area contributed by atoms with Gasteiger partial charge in [-0.3, -0.25) is 0 Å². The number of hydrogen-bond acceptors (Lipinski definition) is 5. The van der Waals surface area contributed by atoms with Crippen LogP contribution < -0.4 is 14.9 Å². The first-order valence-electron chi connectivity index (χ1n) is 9.20. The molecule has 1 aromatic carbocycles. The van der Waals surface area contributed by atoms with E-state index in [-0.39, 0.29) is 6.04 Å². The van der Waals surface area contributed by atoms with Crippen molar-refractivity contribution in [1.82, 2.24) is 10.0 Å². The van der Waals surface area contributed by atoms with E-state index in [1.807, 2.05) is 12.1 Å². The first-order valence-corrected chi connectivity index (χ1v) is 10.7. The van der Waals surface area contributed by atoms with Crippen LogP contribution in [0.25, 0.3) is 0 Å². The lowest BCUT2D eigenvalue weighted by Gasteiger charge is -2.31. The quantitative estimate of drug-likeness (QED) is 0.803. The van der Waals surface area contributed by atoms with Gasteiger partial charge in [0, 0.05) is 50.6 Å². The molecule has 0 aromatic heterocycles. The van der Waals surface area contributed by atoms with Crippen molar-refractivity contribution < 1.29 is 13.2 Å². The average Bonchev–Trinajstić information content (AvgIpc) is 2.63. The Morgan fingerprint density at radius 1 is 1.20 bits per heavy atom. The molecule has 1 saturated heterocycles. The average molecular weight is 368 g/mol. The van der Waals surface area contributed by atoms with E-state index in [9.17, 15) is 8.42 Å². The first kappa shape index (κ1) is 18.6. The van der Waals surface area contributed by atoms with E-state index in [0.717, 1.165) is 63.1 Å². The third-order valence-corrected chi connectivity index (χ3v) is 6.57. The van der Waals surface area contributed by atoms with E-state index >= 15 is 0 Å². The van der Waals surface area contributed by atoms with Crippen LogP contribution in [0.2, 0.25) is 0 Å². The molecule has 0 radical (unpaired) electrons. The maximum absolute atomic E-state index is 12.8. The summed E-state index contributed by atoms with van der Waals surface area (Å²) in [5.74, 6) is 0. The zero-order chi connectivity index (χ0) is 17.7. The minimum atomic E-state index is -3.49. The van der Waals surface area contributed by atoms with Gasteiger partial charge >= 0.3 is 0 Å². The summed E-state index contributed by atoms with van der Waals surface area (Å²) >= 11 is 0. The molecule has 1 saturated carbocycles. The third-order valence-electron chi connectivity index (χ3n) is 5.05. The molecule has 0 bridgehead atoms. The van der Waals surface area contributed by atoms with Gasteiger partial charge < -0.3 is 15.0 Å². The highest BCUT2D eigenvalue weighted by Gasteiger charge is 2.24. The first-order chi connectivity index (χ1) is 12.1. The van der Waals surface area contributed by atoms with Crippen LogP contribution in [0.15, 0.2) is 23.1 Å². The molecule has 0 unspecified atom stereocenters. The molecule has 6 nitrogen and oxygen atoms in total. The second-order valence-electron chi connectivity index (χ2n) is 6.92. The fourth-order valence-corrected chi connectivity index (χ4v) is 5.02. The van der Waals surface area contributed by atoms with Gasteiger partial charge in [-0.15, -0.1) is 0 Å². The van der Waals surface area contributed by atoms with Crippen molar-refractivity contribution >= 4 is 15.7 Å². The van der Waals surface area contributed by atoms with Crippen LogP contribution in [0.4, 0.5) is 5.69 Å². The second kappa shape index (κ2) is 8.49. The minimum absolute atomic E-state index is 0.0695. The number of sulfonamides is 1. The summed E-state index contributed by atoms with van der Waals surface area (Å²) in [6.45, 7) is 4.04. The van der Waals surface area contributed by atoms with Crippen molar-refractivity contribution in [1.29, 1.82) is 0 Å². The number of methoxy groups -OCH3 is 1. The summed E-state index contributed by atoms with van der Waals surface area (Å²) < 4.78 is 33.9. The fourth-order valence-electron chi connectivity index (χ4n) is 3.70. The molecule has 2 N–H and O–H groups in total. The normalized spacial score (nSPS) is 20.0. The summed E-state index contributed by atoms with van der Waals surface area (Å²) in [4.78, 5) is 2.59. The van der Waals surface area contributed by atoms with Gasteiger partial charge in [0.05, 0.1) is 11.5 Å². The maximum atomic E-state index is 12.8. The van der Waals surface area contributed by atoms with Gasteiger partial charge in [0.2, 0.25) is 10.0 Å². The molecule has 0 spiro atoms. The van der Waals surface area contributed by atoms with E-state index in [1.165, 1.54) is 6.42 Å². The van der Waals surface area contributed by atoms with Gasteiger partial charge in [0.1, 0.15) is 0 Å². The van der Waals surface area contributed by atoms with Crippen LogP contribution in [0, 0.1) is 0 Å². The molecule has 3 rings (SSSR count). The summed E-state index contributed by atoms with van der Waals surface area (Å²) in [5, 5.41) is 3.33. The van der Waals surface area contributed by atoms with Gasteiger partial charge in [-0.2, -0.15) is 0 Å². The Kier molecular flexibility index (Phi) is 6.33. The molecule has 25 heavy (non-hydrogen) atoms. The molecule has 1 aliphatic carbocycles. The Labute approximate surface area is 151 Å². The van der Waals surface area contributed by atoms with E-state index in [0.29, 0.717) is 11.5 Å². The highest BCUT2D eigenvalue weighted by atomic mass is 32.2. The van der Waals surface area contributed by atoms with Crippen molar-refractivity contribution in [3.05, 3.63) is 23.8 Å². The van der Waals surface area contributed by atoms with Crippen LogP contribution in [0.5, 0.6) is 0 Å². The van der Waals surface area contributed by atoms with Crippen LogP contribution in [0.3, 0.4) is 0 Å². The highest BCUT2D eigenvalue weighted by Crippen LogP contribution is 2.27. The molecule has 1 aromatic rings. The summed E-state index contributed by atoms with van der Waals surface area (Å²) in [7, 11) is -1.82. The predicted molar refractivity (Wildman–Crippen MR) is 99.4 cm³/mol. The van der Waals surface area contributed by atoms with Crippen LogP contribution in [-0.2, 0) is 21.4 Å². The number of nitrogens with zero attached hydrogens (tertiary/aromatic N) is 1. The standard InChI is InChI=1S/C18H29N3O3S/c1-24-14-15-7-8-17(13-18(15)21-11-9-19-10-12-21)25(22,23)20-16-5-3-2-4-6-16/h7-8,13,16,19-20H,2-6,9-12,14H2,1H3. The molecule has 2 aliphatic rings. The van der Waals surface area contributed by atoms with Gasteiger partial charge in [0.25, 0.3) is 0 Å². The van der Waals surface area contributed by atoms with Crippen molar-refractivity contribution in [2.75, 3.05) is 38.2 Å². The number of benzene rings is 1. The molecule has 1 aliphatic heterocycles. The second-order valence-corrected chi connectivity index (χ2v) is 8.63. The molecule has 1 heterocycles. The van der Waals surface area contributed by atoms with Gasteiger partial charge in [-0.25, -0.2) is 13.1 Å². The lowest BCUT2D eigenvalue weighted by Crippen LogP contribution is -2.44. The summed E-state index contributed by atoms with van der Waals surface area (Å²) in [6, 6.07) is 5.46. The monoisotopic (exact) mass is 367 g/mol. The number of nitrogens with one attached hydrogen (secondary N) is 2. The lowest BCUT2D eigenvalue weighted by atomic mass is 9.96. The number of rotatable bonds is 6. The lowest BCUT2D eigenvalue weighted by molar-refractivity contribution is 0.185. The zero-order valence-electron chi connectivity index (χ0n) is 15.0. The fraction of sp³-hybridized carbons (Fsp3) is 0.667. The molecule has 2 fully saturated rings. The molecular formula is C18H29N3O3S. The minimum Gasteiger partial charge on any atom is -0.380 e. The van der Waals surface area contributed by atoms with Crippen molar-refractivity contribution in [3.8, 4) is 0 Å². The van der Waals surface area contributed by atoms with Gasteiger partial charge in [0.15, 0.2) is 0 Å². The van der Waals surface area contributed by atoms with Crippen LogP contribution in [0.1, 0.15) is 37.7 Å². The third kappa shape index (κ3) is 4.73. The van der Waals surface area contributed by atoms with E-state index < -0.39 is 10.0 Å². The number of ether oxygens (including phenoxy) is 1. The Morgan fingerprint density at radius 2 is 1.92 bits per heavy atom. The Morgan fingerprint density at radius 3 is 2.60 bits per heavy atom. The maximum Gasteiger partial charge on any atom is 0.240 e. The number of anilines is 1. The molecule has 7 heteroatoms. The Hall–Kier alpha value is -1.15. The smallest absolute Gasteiger partial charge is 0.240 e. The number of piperazine rings is 1. The van der Waals surface area contributed by atoms with Crippen molar-refractivity contribution in [2.45, 2.75) is 49.6 Å². The van der Waals surface area contributed by atoms with Crippen molar-refractivity contribution in [2.24, 2.45) is 0 Å². The van der Waals surface area contributed by atoms with Crippen molar-refractivity contribution in [3.63, 3.8) is 0 Å². The molecule has 140 valence electrons. The van der Waals surface area contributed by atoms with E-state index in [1.54, 1.807) is 13.2 Å². The summed E-state index contributed by atoms with van der Waals surface area (Å²) in [6.07, 6.45) is 5.28. The topological polar surface area (TPSA) is 70.7 Å². The summed E-state index contributed by atoms with van der Waals surface area (Å²) in [5.41, 5.74) is 2.00. The Balaban J connectivity index is 1.84. The highest BCUT2D eigenvalue weighted by molar-refractivity contribution is 7.89. The SMILES string of the molecule is COCc1ccc(S(=O)(=O)NC2CCCCC2)cc1N1CCNCC1. The molecule has 0 amide bonds. The van der Waals surface area contributed by atoms with Crippen LogP contribution >= 0.6 is 0 Å².